The molecule has 4 heteroatoms. The highest BCUT2D eigenvalue weighted by Gasteiger charge is 2.39. The Morgan fingerprint density at radius 1 is 1.33 bits per heavy atom. The van der Waals surface area contributed by atoms with E-state index in [9.17, 15) is 0 Å². The summed E-state index contributed by atoms with van der Waals surface area (Å²) in [5, 5.41) is 3.44. The highest BCUT2D eigenvalue weighted by atomic mass is 79.9. The SMILES string of the molecule is CC1(C)CN(C2CCNCC2)c2ccc(Br)nc21. The first-order chi connectivity index (χ1) is 8.58. The van der Waals surface area contributed by atoms with Crippen LogP contribution < -0.4 is 10.2 Å². The molecule has 0 unspecified atom stereocenters. The standard InChI is InChI=1S/C14H20BrN3/c1-14(2)9-18(10-5-7-16-8-6-10)11-3-4-12(15)17-13(11)14/h3-4,10,16H,5-9H2,1-2H3. The molecule has 3 heterocycles. The molecule has 1 saturated heterocycles. The average molecular weight is 310 g/mol. The van der Waals surface area contributed by atoms with Gasteiger partial charge in [0.1, 0.15) is 4.60 Å². The van der Waals surface area contributed by atoms with E-state index in [-0.39, 0.29) is 5.41 Å². The Kier molecular flexibility index (Phi) is 3.10. The van der Waals surface area contributed by atoms with Crippen molar-refractivity contribution < 1.29 is 0 Å². The molecule has 1 fully saturated rings. The van der Waals surface area contributed by atoms with Crippen molar-refractivity contribution in [3.63, 3.8) is 0 Å². The van der Waals surface area contributed by atoms with Gasteiger partial charge in [0.05, 0.1) is 11.4 Å². The summed E-state index contributed by atoms with van der Waals surface area (Å²) in [6.07, 6.45) is 2.48. The number of rotatable bonds is 1. The fraction of sp³-hybridized carbons (Fsp3) is 0.643. The van der Waals surface area contributed by atoms with Crippen molar-refractivity contribution in [3.05, 3.63) is 22.4 Å². The maximum absolute atomic E-state index is 4.71. The second-order valence-corrected chi connectivity index (χ2v) is 6.81. The van der Waals surface area contributed by atoms with Crippen LogP contribution in [-0.4, -0.2) is 30.7 Å². The number of nitrogens with zero attached hydrogens (tertiary/aromatic N) is 2. The number of pyridine rings is 1. The minimum Gasteiger partial charge on any atom is -0.366 e. The molecule has 2 aliphatic heterocycles. The zero-order valence-corrected chi connectivity index (χ0v) is 12.6. The first-order valence-electron chi connectivity index (χ1n) is 6.72. The van der Waals surface area contributed by atoms with E-state index in [1.54, 1.807) is 0 Å². The number of hydrogen-bond donors (Lipinski definition) is 1. The van der Waals surface area contributed by atoms with Crippen molar-refractivity contribution in [2.45, 2.75) is 38.1 Å². The van der Waals surface area contributed by atoms with Crippen LogP contribution in [0.5, 0.6) is 0 Å². The number of hydrogen-bond acceptors (Lipinski definition) is 3. The zero-order valence-electron chi connectivity index (χ0n) is 11.0. The lowest BCUT2D eigenvalue weighted by atomic mass is 9.91. The van der Waals surface area contributed by atoms with Gasteiger partial charge in [0.2, 0.25) is 0 Å². The Balaban J connectivity index is 1.96. The van der Waals surface area contributed by atoms with Gasteiger partial charge in [0.25, 0.3) is 0 Å². The van der Waals surface area contributed by atoms with Crippen LogP contribution in [0.4, 0.5) is 5.69 Å². The molecule has 0 bridgehead atoms. The smallest absolute Gasteiger partial charge is 0.106 e. The van der Waals surface area contributed by atoms with Crippen molar-refractivity contribution in [1.82, 2.24) is 10.3 Å². The van der Waals surface area contributed by atoms with Crippen molar-refractivity contribution >= 4 is 21.6 Å². The maximum atomic E-state index is 4.71. The molecular formula is C14H20BrN3. The molecule has 0 amide bonds. The molecule has 1 aromatic rings. The van der Waals surface area contributed by atoms with Crippen LogP contribution in [0.25, 0.3) is 0 Å². The highest BCUT2D eigenvalue weighted by Crippen LogP contribution is 2.41. The Morgan fingerprint density at radius 3 is 2.78 bits per heavy atom. The van der Waals surface area contributed by atoms with Crippen LogP contribution in [-0.2, 0) is 5.41 Å². The molecule has 3 rings (SSSR count). The molecule has 18 heavy (non-hydrogen) atoms. The van der Waals surface area contributed by atoms with E-state index in [0.29, 0.717) is 6.04 Å². The molecule has 3 nitrogen and oxygen atoms in total. The summed E-state index contributed by atoms with van der Waals surface area (Å²) >= 11 is 3.49. The van der Waals surface area contributed by atoms with Gasteiger partial charge in [0.15, 0.2) is 0 Å². The van der Waals surface area contributed by atoms with Crippen LogP contribution in [0.1, 0.15) is 32.4 Å². The monoisotopic (exact) mass is 309 g/mol. The molecule has 2 aliphatic rings. The third-order valence-electron chi connectivity index (χ3n) is 4.11. The van der Waals surface area contributed by atoms with Crippen LogP contribution in [0.15, 0.2) is 16.7 Å². The van der Waals surface area contributed by atoms with E-state index in [1.165, 1.54) is 24.2 Å². The number of anilines is 1. The summed E-state index contributed by atoms with van der Waals surface area (Å²) in [6, 6.07) is 4.96. The average Bonchev–Trinajstić information content (AvgIpc) is 2.63. The maximum Gasteiger partial charge on any atom is 0.106 e. The fourth-order valence-corrected chi connectivity index (χ4v) is 3.50. The molecule has 98 valence electrons. The van der Waals surface area contributed by atoms with Gasteiger partial charge < -0.3 is 10.2 Å². The van der Waals surface area contributed by atoms with E-state index < -0.39 is 0 Å². The molecular weight excluding hydrogens is 290 g/mol. The van der Waals surface area contributed by atoms with Crippen LogP contribution in [0.2, 0.25) is 0 Å². The number of fused-ring (bicyclic) bond motifs is 1. The molecule has 0 spiro atoms. The number of aromatic nitrogens is 1. The minimum absolute atomic E-state index is 0.157. The topological polar surface area (TPSA) is 28.2 Å². The van der Waals surface area contributed by atoms with Crippen molar-refractivity contribution in [3.8, 4) is 0 Å². The van der Waals surface area contributed by atoms with Gasteiger partial charge in [-0.05, 0) is 54.0 Å². The van der Waals surface area contributed by atoms with Crippen molar-refractivity contribution in [2.75, 3.05) is 24.5 Å². The Bertz CT molecular complexity index is 452. The summed E-state index contributed by atoms with van der Waals surface area (Å²) in [5.74, 6) is 0. The van der Waals surface area contributed by atoms with Crippen LogP contribution >= 0.6 is 15.9 Å². The van der Waals surface area contributed by atoms with Gasteiger partial charge in [-0.25, -0.2) is 4.98 Å². The first-order valence-corrected chi connectivity index (χ1v) is 7.52. The second kappa shape index (κ2) is 4.49. The normalized spacial score (nSPS) is 23.2. The van der Waals surface area contributed by atoms with Crippen LogP contribution in [0.3, 0.4) is 0 Å². The predicted octanol–water partition coefficient (Wildman–Crippen LogP) is 2.69. The largest absolute Gasteiger partial charge is 0.366 e. The Labute approximate surface area is 117 Å². The minimum atomic E-state index is 0.157. The van der Waals surface area contributed by atoms with E-state index in [2.05, 4.69) is 52.1 Å². The second-order valence-electron chi connectivity index (χ2n) is 5.99. The van der Waals surface area contributed by atoms with Gasteiger partial charge in [-0.1, -0.05) is 13.8 Å². The van der Waals surface area contributed by atoms with Crippen molar-refractivity contribution in [1.29, 1.82) is 0 Å². The van der Waals surface area contributed by atoms with Crippen molar-refractivity contribution in [2.24, 2.45) is 0 Å². The number of piperidine rings is 1. The molecule has 0 aromatic carbocycles. The van der Waals surface area contributed by atoms with E-state index in [1.807, 2.05) is 0 Å². The lowest BCUT2D eigenvalue weighted by Gasteiger charge is -2.34. The summed E-state index contributed by atoms with van der Waals surface area (Å²) in [7, 11) is 0. The van der Waals surface area contributed by atoms with Gasteiger partial charge in [-0.3, -0.25) is 0 Å². The fourth-order valence-electron chi connectivity index (χ4n) is 3.19. The molecule has 0 aliphatic carbocycles. The van der Waals surface area contributed by atoms with Gasteiger partial charge in [-0.15, -0.1) is 0 Å². The third-order valence-corrected chi connectivity index (χ3v) is 4.55. The lowest BCUT2D eigenvalue weighted by molar-refractivity contribution is 0.414. The first kappa shape index (κ1) is 12.4. The molecule has 0 saturated carbocycles. The van der Waals surface area contributed by atoms with Crippen LogP contribution in [0, 0.1) is 0 Å². The van der Waals surface area contributed by atoms with E-state index >= 15 is 0 Å². The lowest BCUT2D eigenvalue weighted by Crippen LogP contribution is -2.44. The van der Waals surface area contributed by atoms with Gasteiger partial charge in [0, 0.05) is 18.0 Å². The molecule has 1 N–H and O–H groups in total. The summed E-state index contributed by atoms with van der Waals surface area (Å²) in [6.45, 7) is 7.97. The Morgan fingerprint density at radius 2 is 2.06 bits per heavy atom. The molecule has 1 aromatic heterocycles. The summed E-state index contributed by atoms with van der Waals surface area (Å²) in [4.78, 5) is 7.29. The summed E-state index contributed by atoms with van der Waals surface area (Å²) < 4.78 is 0.946. The quantitative estimate of drug-likeness (QED) is 0.809. The van der Waals surface area contributed by atoms with Gasteiger partial charge >= 0.3 is 0 Å². The third kappa shape index (κ3) is 2.05. The highest BCUT2D eigenvalue weighted by molar-refractivity contribution is 9.10. The molecule has 0 atom stereocenters. The zero-order chi connectivity index (χ0) is 12.8. The Hall–Kier alpha value is -0.610. The van der Waals surface area contributed by atoms with E-state index in [4.69, 9.17) is 4.98 Å². The number of nitrogens with one attached hydrogen (secondary N) is 1. The predicted molar refractivity (Wildman–Crippen MR) is 78.2 cm³/mol. The number of halogens is 1. The molecule has 0 radical (unpaired) electrons. The summed E-state index contributed by atoms with van der Waals surface area (Å²) in [5.41, 5.74) is 2.75. The van der Waals surface area contributed by atoms with E-state index in [0.717, 1.165) is 24.2 Å². The van der Waals surface area contributed by atoms with Gasteiger partial charge in [-0.2, -0.15) is 0 Å².